The Morgan fingerprint density at radius 3 is 2.58 bits per heavy atom. The van der Waals surface area contributed by atoms with Crippen molar-refractivity contribution in [2.45, 2.75) is 44.2 Å². The SMILES string of the molecule is OC(c1ccccc1)c1cn(C2CCCCC2)cn1. The number of aliphatic hydroxyl groups is 1. The van der Waals surface area contributed by atoms with E-state index < -0.39 is 6.10 Å². The first-order valence-corrected chi connectivity index (χ1v) is 7.11. The number of rotatable bonds is 3. The molecule has 19 heavy (non-hydrogen) atoms. The minimum absolute atomic E-state index is 0.568. The first kappa shape index (κ1) is 12.4. The third-order valence-corrected chi connectivity index (χ3v) is 4.01. The summed E-state index contributed by atoms with van der Waals surface area (Å²) in [6.07, 6.45) is 9.69. The zero-order chi connectivity index (χ0) is 13.1. The van der Waals surface area contributed by atoms with Crippen molar-refractivity contribution < 1.29 is 5.11 Å². The third kappa shape index (κ3) is 2.71. The van der Waals surface area contributed by atoms with Gasteiger partial charge in [0, 0.05) is 12.2 Å². The zero-order valence-corrected chi connectivity index (χ0v) is 11.1. The van der Waals surface area contributed by atoms with Crippen molar-refractivity contribution in [3.63, 3.8) is 0 Å². The molecule has 0 saturated heterocycles. The highest BCUT2D eigenvalue weighted by molar-refractivity contribution is 5.24. The molecule has 1 atom stereocenters. The smallest absolute Gasteiger partial charge is 0.122 e. The molecule has 1 N–H and O–H groups in total. The van der Waals surface area contributed by atoms with E-state index in [0.717, 1.165) is 11.3 Å². The summed E-state index contributed by atoms with van der Waals surface area (Å²) in [5.74, 6) is 0. The number of nitrogens with zero attached hydrogens (tertiary/aromatic N) is 2. The molecule has 1 fully saturated rings. The van der Waals surface area contributed by atoms with E-state index in [2.05, 4.69) is 9.55 Å². The average molecular weight is 256 g/mol. The zero-order valence-electron chi connectivity index (χ0n) is 11.1. The van der Waals surface area contributed by atoms with Crippen molar-refractivity contribution in [3.05, 3.63) is 54.1 Å². The van der Waals surface area contributed by atoms with E-state index in [9.17, 15) is 5.11 Å². The van der Waals surface area contributed by atoms with Gasteiger partial charge in [0.05, 0.1) is 12.0 Å². The molecular weight excluding hydrogens is 236 g/mol. The Bertz CT molecular complexity index is 515. The van der Waals surface area contributed by atoms with Crippen molar-refractivity contribution >= 4 is 0 Å². The minimum atomic E-state index is -0.619. The summed E-state index contributed by atoms with van der Waals surface area (Å²) < 4.78 is 2.18. The predicted octanol–water partition coefficient (Wildman–Crippen LogP) is 3.47. The fourth-order valence-corrected chi connectivity index (χ4v) is 2.88. The topological polar surface area (TPSA) is 38.0 Å². The van der Waals surface area contributed by atoms with Gasteiger partial charge in [-0.3, -0.25) is 0 Å². The van der Waals surface area contributed by atoms with E-state index in [0.29, 0.717) is 6.04 Å². The second-order valence-corrected chi connectivity index (χ2v) is 5.35. The van der Waals surface area contributed by atoms with Gasteiger partial charge in [-0.05, 0) is 18.4 Å². The Labute approximate surface area is 113 Å². The second kappa shape index (κ2) is 5.57. The molecule has 3 rings (SSSR count). The van der Waals surface area contributed by atoms with Crippen LogP contribution in [0.5, 0.6) is 0 Å². The van der Waals surface area contributed by atoms with Crippen molar-refractivity contribution in [1.29, 1.82) is 0 Å². The van der Waals surface area contributed by atoms with Gasteiger partial charge in [0.25, 0.3) is 0 Å². The van der Waals surface area contributed by atoms with E-state index in [4.69, 9.17) is 0 Å². The summed E-state index contributed by atoms with van der Waals surface area (Å²) in [5.41, 5.74) is 1.65. The van der Waals surface area contributed by atoms with Gasteiger partial charge in [-0.2, -0.15) is 0 Å². The fraction of sp³-hybridized carbons (Fsp3) is 0.438. The molecule has 3 nitrogen and oxygen atoms in total. The Kier molecular flexibility index (Phi) is 3.65. The summed E-state index contributed by atoms with van der Waals surface area (Å²) in [4.78, 5) is 4.38. The maximum absolute atomic E-state index is 10.3. The van der Waals surface area contributed by atoms with Gasteiger partial charge in [0.2, 0.25) is 0 Å². The van der Waals surface area contributed by atoms with Crippen LogP contribution < -0.4 is 0 Å². The van der Waals surface area contributed by atoms with E-state index in [1.807, 2.05) is 42.9 Å². The molecule has 0 bridgehead atoms. The van der Waals surface area contributed by atoms with Crippen LogP contribution in [0.25, 0.3) is 0 Å². The molecule has 1 saturated carbocycles. The lowest BCUT2D eigenvalue weighted by molar-refractivity contribution is 0.215. The summed E-state index contributed by atoms with van der Waals surface area (Å²) in [6.45, 7) is 0. The van der Waals surface area contributed by atoms with Gasteiger partial charge < -0.3 is 9.67 Å². The largest absolute Gasteiger partial charge is 0.382 e. The van der Waals surface area contributed by atoms with Crippen LogP contribution in [-0.4, -0.2) is 14.7 Å². The van der Waals surface area contributed by atoms with Crippen LogP contribution in [0.2, 0.25) is 0 Å². The first-order valence-electron chi connectivity index (χ1n) is 7.11. The quantitative estimate of drug-likeness (QED) is 0.913. The Morgan fingerprint density at radius 1 is 1.11 bits per heavy atom. The molecule has 1 aliphatic rings. The molecule has 0 aliphatic heterocycles. The highest BCUT2D eigenvalue weighted by Gasteiger charge is 2.18. The fourth-order valence-electron chi connectivity index (χ4n) is 2.88. The highest BCUT2D eigenvalue weighted by atomic mass is 16.3. The summed E-state index contributed by atoms with van der Waals surface area (Å²) in [6, 6.07) is 10.3. The van der Waals surface area contributed by atoms with Gasteiger partial charge in [-0.1, -0.05) is 49.6 Å². The van der Waals surface area contributed by atoms with Crippen LogP contribution in [0.4, 0.5) is 0 Å². The molecule has 0 radical (unpaired) electrons. The average Bonchev–Trinajstić information content (AvgIpc) is 2.98. The summed E-state index contributed by atoms with van der Waals surface area (Å²) in [5, 5.41) is 10.3. The molecule has 2 aromatic rings. The van der Waals surface area contributed by atoms with Crippen LogP contribution in [0.15, 0.2) is 42.9 Å². The van der Waals surface area contributed by atoms with Gasteiger partial charge in [-0.15, -0.1) is 0 Å². The lowest BCUT2D eigenvalue weighted by Crippen LogP contribution is -2.11. The molecule has 1 aromatic heterocycles. The predicted molar refractivity (Wildman–Crippen MR) is 74.9 cm³/mol. The number of aliphatic hydroxyl groups excluding tert-OH is 1. The van der Waals surface area contributed by atoms with Crippen molar-refractivity contribution in [1.82, 2.24) is 9.55 Å². The maximum Gasteiger partial charge on any atom is 0.122 e. The number of aromatic nitrogens is 2. The van der Waals surface area contributed by atoms with Crippen molar-refractivity contribution in [2.24, 2.45) is 0 Å². The van der Waals surface area contributed by atoms with E-state index >= 15 is 0 Å². The van der Waals surface area contributed by atoms with E-state index in [-0.39, 0.29) is 0 Å². The maximum atomic E-state index is 10.3. The Morgan fingerprint density at radius 2 is 1.84 bits per heavy atom. The Hall–Kier alpha value is -1.61. The van der Waals surface area contributed by atoms with Gasteiger partial charge >= 0.3 is 0 Å². The third-order valence-electron chi connectivity index (χ3n) is 4.01. The monoisotopic (exact) mass is 256 g/mol. The number of hydrogen-bond donors (Lipinski definition) is 1. The number of benzene rings is 1. The number of imidazole rings is 1. The second-order valence-electron chi connectivity index (χ2n) is 5.35. The molecule has 1 aliphatic carbocycles. The molecule has 3 heteroatoms. The normalized spacial score (nSPS) is 18.4. The summed E-state index contributed by atoms with van der Waals surface area (Å²) >= 11 is 0. The van der Waals surface area contributed by atoms with Crippen molar-refractivity contribution in [2.75, 3.05) is 0 Å². The van der Waals surface area contributed by atoms with Crippen LogP contribution in [0.3, 0.4) is 0 Å². The van der Waals surface area contributed by atoms with E-state index in [1.165, 1.54) is 32.1 Å². The number of hydrogen-bond acceptors (Lipinski definition) is 2. The van der Waals surface area contributed by atoms with Gasteiger partial charge in [0.15, 0.2) is 0 Å². The van der Waals surface area contributed by atoms with Gasteiger partial charge in [-0.25, -0.2) is 4.98 Å². The summed E-state index contributed by atoms with van der Waals surface area (Å²) in [7, 11) is 0. The molecule has 1 heterocycles. The van der Waals surface area contributed by atoms with Crippen LogP contribution in [-0.2, 0) is 0 Å². The first-order chi connectivity index (χ1) is 9.34. The Balaban J connectivity index is 1.77. The van der Waals surface area contributed by atoms with Crippen LogP contribution >= 0.6 is 0 Å². The molecule has 1 unspecified atom stereocenters. The highest BCUT2D eigenvalue weighted by Crippen LogP contribution is 2.29. The molecule has 0 amide bonds. The minimum Gasteiger partial charge on any atom is -0.382 e. The van der Waals surface area contributed by atoms with E-state index in [1.54, 1.807) is 0 Å². The standard InChI is InChI=1S/C16H20N2O/c19-16(13-7-3-1-4-8-13)15-11-18(12-17-15)14-9-5-2-6-10-14/h1,3-4,7-8,11-12,14,16,19H,2,5-6,9-10H2. The van der Waals surface area contributed by atoms with Crippen LogP contribution in [0, 0.1) is 0 Å². The molecule has 100 valence electrons. The molecular formula is C16H20N2O. The lowest BCUT2D eigenvalue weighted by atomic mass is 9.95. The molecule has 0 spiro atoms. The van der Waals surface area contributed by atoms with Gasteiger partial charge in [0.1, 0.15) is 6.10 Å². The van der Waals surface area contributed by atoms with Crippen molar-refractivity contribution in [3.8, 4) is 0 Å². The lowest BCUT2D eigenvalue weighted by Gasteiger charge is -2.22. The molecule has 1 aromatic carbocycles. The van der Waals surface area contributed by atoms with Crippen LogP contribution in [0.1, 0.15) is 55.5 Å².